The third-order valence-corrected chi connectivity index (χ3v) is 3.55. The van der Waals surface area contributed by atoms with Gasteiger partial charge in [-0.15, -0.1) is 0 Å². The predicted molar refractivity (Wildman–Crippen MR) is 69.1 cm³/mol. The maximum Gasteiger partial charge on any atom is 0.232 e. The number of nitrogens with one attached hydrogen (secondary N) is 1. The molecule has 1 aromatic rings. The van der Waals surface area contributed by atoms with E-state index in [4.69, 9.17) is 9.47 Å². The first-order valence-corrected chi connectivity index (χ1v) is 6.75. The minimum Gasteiger partial charge on any atom is -0.474 e. The molecule has 100 valence electrons. The highest BCUT2D eigenvalue weighted by molar-refractivity contribution is 5.44. The maximum atomic E-state index is 9.17. The van der Waals surface area contributed by atoms with Crippen LogP contribution in [-0.4, -0.2) is 37.4 Å². The minimum absolute atomic E-state index is 0.0374. The lowest BCUT2D eigenvalue weighted by Crippen LogP contribution is -2.41. The summed E-state index contributed by atoms with van der Waals surface area (Å²) in [4.78, 5) is 4.49. The van der Waals surface area contributed by atoms with Gasteiger partial charge in [-0.3, -0.25) is 0 Å². The second kappa shape index (κ2) is 5.55. The average Bonchev–Trinajstić information content (AvgIpc) is 2.92. The van der Waals surface area contributed by atoms with Gasteiger partial charge in [0.25, 0.3) is 0 Å². The molecule has 0 spiro atoms. The normalized spacial score (nSPS) is 21.7. The van der Waals surface area contributed by atoms with Crippen molar-refractivity contribution in [2.24, 2.45) is 0 Å². The first-order valence-electron chi connectivity index (χ1n) is 6.75. The van der Waals surface area contributed by atoms with E-state index in [1.807, 2.05) is 6.07 Å². The van der Waals surface area contributed by atoms with Crippen LogP contribution < -0.4 is 10.1 Å². The highest BCUT2D eigenvalue weighted by Crippen LogP contribution is 2.26. The molecule has 5 nitrogen and oxygen atoms in total. The van der Waals surface area contributed by atoms with E-state index in [9.17, 15) is 5.26 Å². The summed E-state index contributed by atoms with van der Waals surface area (Å²) in [5.41, 5.74) is 2.81. The van der Waals surface area contributed by atoms with E-state index in [2.05, 4.69) is 16.4 Å². The Balaban J connectivity index is 1.71. The molecule has 0 bridgehead atoms. The van der Waals surface area contributed by atoms with Crippen molar-refractivity contribution in [1.29, 1.82) is 5.26 Å². The monoisotopic (exact) mass is 259 g/mol. The molecule has 19 heavy (non-hydrogen) atoms. The summed E-state index contributed by atoms with van der Waals surface area (Å²) >= 11 is 0. The zero-order valence-corrected chi connectivity index (χ0v) is 10.8. The Morgan fingerprint density at radius 1 is 1.53 bits per heavy atom. The zero-order valence-electron chi connectivity index (χ0n) is 10.8. The molecule has 0 radical (unpaired) electrons. The summed E-state index contributed by atoms with van der Waals surface area (Å²) in [7, 11) is 0. The lowest BCUT2D eigenvalue weighted by atomic mass is 10.1. The molecule has 1 aliphatic carbocycles. The molecule has 1 atom stereocenters. The van der Waals surface area contributed by atoms with Gasteiger partial charge in [-0.05, 0) is 30.9 Å². The first kappa shape index (κ1) is 12.4. The molecule has 2 aliphatic rings. The van der Waals surface area contributed by atoms with Crippen LogP contribution in [0.1, 0.15) is 23.2 Å². The van der Waals surface area contributed by atoms with Crippen molar-refractivity contribution in [2.75, 3.05) is 26.3 Å². The van der Waals surface area contributed by atoms with Crippen LogP contribution in [0.4, 0.5) is 0 Å². The Bertz CT molecular complexity index is 504. The molecule has 1 aromatic heterocycles. The standard InChI is InChI=1S/C14H17N3O2/c15-7-11-6-10-2-1-3-13(10)17-14(11)19-9-12-8-16-4-5-18-12/h6,12,16H,1-5,8-9H2. The highest BCUT2D eigenvalue weighted by Gasteiger charge is 2.19. The van der Waals surface area contributed by atoms with E-state index in [1.54, 1.807) is 0 Å². The Morgan fingerprint density at radius 3 is 3.26 bits per heavy atom. The van der Waals surface area contributed by atoms with Crippen molar-refractivity contribution in [3.63, 3.8) is 0 Å². The first-order chi connectivity index (χ1) is 9.36. The van der Waals surface area contributed by atoms with Gasteiger partial charge in [0.2, 0.25) is 5.88 Å². The van der Waals surface area contributed by atoms with E-state index < -0.39 is 0 Å². The van der Waals surface area contributed by atoms with Crippen molar-refractivity contribution in [3.05, 3.63) is 22.9 Å². The molecular weight excluding hydrogens is 242 g/mol. The van der Waals surface area contributed by atoms with E-state index in [0.717, 1.165) is 38.0 Å². The molecule has 1 N–H and O–H groups in total. The summed E-state index contributed by atoms with van der Waals surface area (Å²) in [5, 5.41) is 12.4. The van der Waals surface area contributed by atoms with Crippen LogP contribution >= 0.6 is 0 Å². The number of aromatic nitrogens is 1. The molecule has 1 fully saturated rings. The Hall–Kier alpha value is -1.64. The quantitative estimate of drug-likeness (QED) is 0.870. The van der Waals surface area contributed by atoms with Crippen LogP contribution in [-0.2, 0) is 17.6 Å². The lowest BCUT2D eigenvalue weighted by Gasteiger charge is -2.23. The van der Waals surface area contributed by atoms with Gasteiger partial charge in [-0.25, -0.2) is 4.98 Å². The molecular formula is C14H17N3O2. The van der Waals surface area contributed by atoms with Gasteiger partial charge < -0.3 is 14.8 Å². The van der Waals surface area contributed by atoms with E-state index in [-0.39, 0.29) is 6.10 Å². The zero-order chi connectivity index (χ0) is 13.1. The third kappa shape index (κ3) is 2.70. The number of rotatable bonds is 3. The fraction of sp³-hybridized carbons (Fsp3) is 0.571. The summed E-state index contributed by atoms with van der Waals surface area (Å²) < 4.78 is 11.3. The van der Waals surface area contributed by atoms with Crippen LogP contribution in [0.3, 0.4) is 0 Å². The van der Waals surface area contributed by atoms with Crippen LogP contribution in [0.25, 0.3) is 0 Å². The second-order valence-corrected chi connectivity index (χ2v) is 4.92. The number of hydrogen-bond donors (Lipinski definition) is 1. The number of aryl methyl sites for hydroxylation is 2. The smallest absolute Gasteiger partial charge is 0.232 e. The Kier molecular flexibility index (Phi) is 3.62. The van der Waals surface area contributed by atoms with Gasteiger partial charge in [0.05, 0.1) is 6.61 Å². The van der Waals surface area contributed by atoms with Crippen molar-refractivity contribution in [3.8, 4) is 11.9 Å². The molecule has 1 unspecified atom stereocenters. The van der Waals surface area contributed by atoms with Crippen molar-refractivity contribution < 1.29 is 9.47 Å². The largest absolute Gasteiger partial charge is 0.474 e. The van der Waals surface area contributed by atoms with Gasteiger partial charge in [-0.2, -0.15) is 5.26 Å². The Labute approximate surface area is 112 Å². The number of morpholine rings is 1. The van der Waals surface area contributed by atoms with E-state index >= 15 is 0 Å². The molecule has 1 aliphatic heterocycles. The molecule has 5 heteroatoms. The Morgan fingerprint density at radius 2 is 2.47 bits per heavy atom. The lowest BCUT2D eigenvalue weighted by molar-refractivity contribution is -0.000837. The topological polar surface area (TPSA) is 67.2 Å². The number of hydrogen-bond acceptors (Lipinski definition) is 5. The van der Waals surface area contributed by atoms with Crippen LogP contribution in [0, 0.1) is 11.3 Å². The minimum atomic E-state index is 0.0374. The van der Waals surface area contributed by atoms with Crippen molar-refractivity contribution in [2.45, 2.75) is 25.4 Å². The number of ether oxygens (including phenoxy) is 2. The summed E-state index contributed by atoms with van der Waals surface area (Å²) in [5.74, 6) is 0.456. The van der Waals surface area contributed by atoms with Gasteiger partial charge in [-0.1, -0.05) is 0 Å². The molecule has 3 rings (SSSR count). The molecule has 0 amide bonds. The third-order valence-electron chi connectivity index (χ3n) is 3.55. The van der Waals surface area contributed by atoms with Crippen LogP contribution in [0.15, 0.2) is 6.07 Å². The van der Waals surface area contributed by atoms with Gasteiger partial charge in [0, 0.05) is 18.8 Å². The SMILES string of the molecule is N#Cc1cc2c(nc1OCC1CNCCO1)CCC2. The predicted octanol–water partition coefficient (Wildman–Crippen LogP) is 0.809. The second-order valence-electron chi connectivity index (χ2n) is 4.92. The molecule has 0 aromatic carbocycles. The maximum absolute atomic E-state index is 9.17. The number of fused-ring (bicyclic) bond motifs is 1. The van der Waals surface area contributed by atoms with Gasteiger partial charge in [0.1, 0.15) is 24.3 Å². The van der Waals surface area contributed by atoms with Crippen molar-refractivity contribution in [1.82, 2.24) is 10.3 Å². The van der Waals surface area contributed by atoms with Crippen molar-refractivity contribution >= 4 is 0 Å². The van der Waals surface area contributed by atoms with E-state index in [1.165, 1.54) is 5.56 Å². The average molecular weight is 259 g/mol. The summed E-state index contributed by atoms with van der Waals surface area (Å²) in [6.45, 7) is 2.81. The fourth-order valence-corrected chi connectivity index (χ4v) is 2.54. The number of nitriles is 1. The van der Waals surface area contributed by atoms with Gasteiger partial charge >= 0.3 is 0 Å². The number of nitrogens with zero attached hydrogens (tertiary/aromatic N) is 2. The number of pyridine rings is 1. The van der Waals surface area contributed by atoms with Crippen LogP contribution in [0.5, 0.6) is 5.88 Å². The molecule has 0 saturated carbocycles. The van der Waals surface area contributed by atoms with E-state index in [0.29, 0.717) is 24.7 Å². The molecule has 2 heterocycles. The van der Waals surface area contributed by atoms with Gasteiger partial charge in [0.15, 0.2) is 0 Å². The highest BCUT2D eigenvalue weighted by atomic mass is 16.5. The molecule has 1 saturated heterocycles. The fourth-order valence-electron chi connectivity index (χ4n) is 2.54. The summed E-state index contributed by atoms with van der Waals surface area (Å²) in [6.07, 6.45) is 3.16. The summed E-state index contributed by atoms with van der Waals surface area (Å²) in [6, 6.07) is 4.09. The van der Waals surface area contributed by atoms with Crippen LogP contribution in [0.2, 0.25) is 0 Å².